The lowest BCUT2D eigenvalue weighted by molar-refractivity contribution is -0.146. The van der Waals surface area contributed by atoms with E-state index in [0.717, 1.165) is 23.1 Å². The van der Waals surface area contributed by atoms with Crippen molar-refractivity contribution in [2.45, 2.75) is 84.2 Å². The molecule has 41 heavy (non-hydrogen) atoms. The number of anilines is 1. The lowest BCUT2D eigenvalue weighted by Gasteiger charge is -2.29. The number of benzene rings is 3. The van der Waals surface area contributed by atoms with E-state index in [9.17, 15) is 14.4 Å². The molecule has 1 N–H and O–H groups in total. The predicted octanol–water partition coefficient (Wildman–Crippen LogP) is 7.98. The monoisotopic (exact) mass is 554 g/mol. The number of carbonyl (C=O) groups is 3. The zero-order valence-electron chi connectivity index (χ0n) is 24.7. The highest BCUT2D eigenvalue weighted by Gasteiger charge is 2.41. The molecule has 2 unspecified atom stereocenters. The fraction of sp³-hybridized carbons (Fsp3) is 0.400. The first-order valence-corrected chi connectivity index (χ1v) is 14.9. The van der Waals surface area contributed by atoms with Crippen molar-refractivity contribution < 1.29 is 19.1 Å². The van der Waals surface area contributed by atoms with E-state index in [1.165, 1.54) is 51.2 Å². The average Bonchev–Trinajstić information content (AvgIpc) is 3.24. The van der Waals surface area contributed by atoms with Crippen LogP contribution in [0, 0.1) is 0 Å². The van der Waals surface area contributed by atoms with Crippen LogP contribution in [0.2, 0.25) is 0 Å². The number of rotatable bonds is 13. The quantitative estimate of drug-likeness (QED) is 0.172. The number of unbranched alkanes of at least 4 members (excludes halogenated alkanes) is 5. The van der Waals surface area contributed by atoms with E-state index in [4.69, 9.17) is 4.74 Å². The fourth-order valence-electron chi connectivity index (χ4n) is 5.66. The number of amides is 2. The summed E-state index contributed by atoms with van der Waals surface area (Å²) in [5, 5.41) is 2.98. The highest BCUT2D eigenvalue weighted by Crippen LogP contribution is 2.38. The molecule has 0 radical (unpaired) electrons. The summed E-state index contributed by atoms with van der Waals surface area (Å²) in [5.41, 5.74) is 5.95. The Bertz CT molecular complexity index is 1350. The Labute approximate surface area is 244 Å². The summed E-state index contributed by atoms with van der Waals surface area (Å²) in [6.07, 6.45) is 9.18. The maximum Gasteiger partial charge on any atom is 0.328 e. The zero-order valence-corrected chi connectivity index (χ0v) is 24.7. The van der Waals surface area contributed by atoms with Gasteiger partial charge in [0.1, 0.15) is 6.04 Å². The molecule has 216 valence electrons. The minimum atomic E-state index is -0.613. The van der Waals surface area contributed by atoms with Gasteiger partial charge in [-0.25, -0.2) is 4.79 Å². The van der Waals surface area contributed by atoms with Gasteiger partial charge in [-0.3, -0.25) is 9.59 Å². The Morgan fingerprint density at radius 2 is 1.54 bits per heavy atom. The summed E-state index contributed by atoms with van der Waals surface area (Å²) >= 11 is 0. The van der Waals surface area contributed by atoms with Gasteiger partial charge < -0.3 is 15.0 Å². The predicted molar refractivity (Wildman–Crippen MR) is 164 cm³/mol. The minimum Gasteiger partial charge on any atom is -0.467 e. The van der Waals surface area contributed by atoms with Crippen LogP contribution >= 0.6 is 0 Å². The first-order chi connectivity index (χ1) is 19.9. The summed E-state index contributed by atoms with van der Waals surface area (Å²) in [6.45, 7) is 6.05. The maximum absolute atomic E-state index is 13.3. The molecule has 1 heterocycles. The number of hydrogen-bond donors (Lipinski definition) is 1. The number of fused-ring (bicyclic) bond motifs is 1. The molecule has 0 saturated carbocycles. The van der Waals surface area contributed by atoms with Crippen LogP contribution in [0.5, 0.6) is 0 Å². The molecule has 3 aromatic rings. The average molecular weight is 555 g/mol. The summed E-state index contributed by atoms with van der Waals surface area (Å²) in [7, 11) is 1.35. The molecule has 0 aromatic heterocycles. The lowest BCUT2D eigenvalue weighted by Crippen LogP contribution is -2.43. The van der Waals surface area contributed by atoms with E-state index < -0.39 is 12.0 Å². The molecule has 2 amide bonds. The van der Waals surface area contributed by atoms with Crippen LogP contribution in [0.3, 0.4) is 0 Å². The van der Waals surface area contributed by atoms with Gasteiger partial charge in [0, 0.05) is 16.8 Å². The third-order valence-electron chi connectivity index (χ3n) is 8.09. The molecular weight excluding hydrogens is 512 g/mol. The number of aryl methyl sites for hydroxylation is 1. The normalized spacial score (nSPS) is 15.0. The Morgan fingerprint density at radius 1 is 0.878 bits per heavy atom. The molecule has 1 aliphatic rings. The van der Waals surface area contributed by atoms with Crippen molar-refractivity contribution in [3.8, 4) is 11.1 Å². The van der Waals surface area contributed by atoms with Crippen LogP contribution in [-0.2, 0) is 16.0 Å². The van der Waals surface area contributed by atoms with Crippen LogP contribution in [-0.4, -0.2) is 35.8 Å². The highest BCUT2D eigenvalue weighted by atomic mass is 16.5. The molecule has 0 spiro atoms. The molecule has 0 aliphatic carbocycles. The molecule has 2 atom stereocenters. The molecule has 3 aromatic carbocycles. The van der Waals surface area contributed by atoms with Crippen molar-refractivity contribution in [2.24, 2.45) is 0 Å². The van der Waals surface area contributed by atoms with E-state index in [2.05, 4.69) is 24.4 Å². The summed E-state index contributed by atoms with van der Waals surface area (Å²) in [4.78, 5) is 40.1. The molecule has 6 nitrogen and oxygen atoms in total. The fourth-order valence-corrected chi connectivity index (χ4v) is 5.66. The van der Waals surface area contributed by atoms with Crippen LogP contribution in [0.25, 0.3) is 11.1 Å². The molecule has 4 rings (SSSR count). The SMILES string of the molecule is CCCCCCCCc1ccc(C(=O)Nc2ccc(-c3ccc4c(c3)C(=O)N(C(CC)C(=O)OC)C4C)cc2)cc1. The first kappa shape index (κ1) is 30.0. The van der Waals surface area contributed by atoms with Crippen molar-refractivity contribution in [2.75, 3.05) is 12.4 Å². The van der Waals surface area contributed by atoms with E-state index in [1.807, 2.05) is 68.4 Å². The summed E-state index contributed by atoms with van der Waals surface area (Å²) in [6, 6.07) is 20.5. The zero-order chi connectivity index (χ0) is 29.4. The van der Waals surface area contributed by atoms with Gasteiger partial charge in [-0.05, 0) is 78.8 Å². The van der Waals surface area contributed by atoms with Gasteiger partial charge in [0.2, 0.25) is 0 Å². The standard InChI is InChI=1S/C35H42N2O4/c1-5-7-8-9-10-11-12-25-13-15-27(16-14-25)33(38)36-29-20-17-26(18-21-29)28-19-22-30-24(3)37(34(39)31(30)23-28)32(6-2)35(40)41-4/h13-24,32H,5-12H2,1-4H3,(H,36,38). The third-order valence-corrected chi connectivity index (χ3v) is 8.09. The largest absolute Gasteiger partial charge is 0.467 e. The second-order valence-corrected chi connectivity index (χ2v) is 10.9. The van der Waals surface area contributed by atoms with Crippen LogP contribution in [0.4, 0.5) is 5.69 Å². The Balaban J connectivity index is 1.37. The van der Waals surface area contributed by atoms with Crippen LogP contribution in [0.15, 0.2) is 66.7 Å². The lowest BCUT2D eigenvalue weighted by atomic mass is 9.98. The minimum absolute atomic E-state index is 0.142. The number of nitrogens with one attached hydrogen (secondary N) is 1. The van der Waals surface area contributed by atoms with Crippen molar-refractivity contribution in [3.63, 3.8) is 0 Å². The molecular formula is C35H42N2O4. The molecule has 0 fully saturated rings. The Kier molecular flexibility index (Phi) is 10.3. The smallest absolute Gasteiger partial charge is 0.328 e. The van der Waals surface area contributed by atoms with Crippen molar-refractivity contribution in [3.05, 3.63) is 89.0 Å². The maximum atomic E-state index is 13.3. The van der Waals surface area contributed by atoms with E-state index >= 15 is 0 Å². The first-order valence-electron chi connectivity index (χ1n) is 14.9. The second-order valence-electron chi connectivity index (χ2n) is 10.9. The van der Waals surface area contributed by atoms with Crippen molar-refractivity contribution in [1.82, 2.24) is 4.90 Å². The van der Waals surface area contributed by atoms with Gasteiger partial charge >= 0.3 is 5.97 Å². The third kappa shape index (κ3) is 7.05. The number of hydrogen-bond acceptors (Lipinski definition) is 4. The second kappa shape index (κ2) is 14.1. The molecule has 1 aliphatic heterocycles. The molecule has 0 bridgehead atoms. The number of methoxy groups -OCH3 is 1. The highest BCUT2D eigenvalue weighted by molar-refractivity contribution is 6.04. The Morgan fingerprint density at radius 3 is 2.20 bits per heavy atom. The van der Waals surface area contributed by atoms with E-state index in [-0.39, 0.29) is 17.9 Å². The topological polar surface area (TPSA) is 75.7 Å². The number of esters is 1. The van der Waals surface area contributed by atoms with Crippen molar-refractivity contribution >= 4 is 23.5 Å². The van der Waals surface area contributed by atoms with E-state index in [1.54, 1.807) is 4.90 Å². The number of carbonyl (C=O) groups excluding carboxylic acids is 3. The van der Waals surface area contributed by atoms with Crippen LogP contribution < -0.4 is 5.32 Å². The van der Waals surface area contributed by atoms with Gasteiger partial charge in [0.15, 0.2) is 0 Å². The molecule has 0 saturated heterocycles. The van der Waals surface area contributed by atoms with Gasteiger partial charge in [0.05, 0.1) is 13.2 Å². The van der Waals surface area contributed by atoms with Gasteiger partial charge in [-0.2, -0.15) is 0 Å². The summed E-state index contributed by atoms with van der Waals surface area (Å²) in [5.74, 6) is -0.701. The number of ether oxygens (including phenoxy) is 1. The van der Waals surface area contributed by atoms with Crippen LogP contribution in [0.1, 0.15) is 104 Å². The Hall–Kier alpha value is -3.93. The van der Waals surface area contributed by atoms with Gasteiger partial charge in [-0.15, -0.1) is 0 Å². The number of nitrogens with zero attached hydrogens (tertiary/aromatic N) is 1. The van der Waals surface area contributed by atoms with Crippen molar-refractivity contribution in [1.29, 1.82) is 0 Å². The molecule has 6 heteroatoms. The summed E-state index contributed by atoms with van der Waals surface area (Å²) < 4.78 is 4.94. The van der Waals surface area contributed by atoms with Gasteiger partial charge in [-0.1, -0.05) is 82.3 Å². The van der Waals surface area contributed by atoms with E-state index in [0.29, 0.717) is 23.2 Å². The van der Waals surface area contributed by atoms with Gasteiger partial charge in [0.25, 0.3) is 11.8 Å².